The molecule has 1 fully saturated rings. The number of carbonyl (C=O) groups excluding carboxylic acids is 1. The second-order valence-corrected chi connectivity index (χ2v) is 4.61. The number of aromatic nitrogens is 2. The van der Waals surface area contributed by atoms with E-state index < -0.39 is 0 Å². The van der Waals surface area contributed by atoms with Gasteiger partial charge >= 0.3 is 0 Å². The van der Waals surface area contributed by atoms with Gasteiger partial charge in [-0.05, 0) is 31.4 Å². The van der Waals surface area contributed by atoms with E-state index in [-0.39, 0.29) is 11.9 Å². The molecule has 5 nitrogen and oxygen atoms in total. The summed E-state index contributed by atoms with van der Waals surface area (Å²) in [7, 11) is 0. The lowest BCUT2D eigenvalue weighted by atomic mass is 9.90. The van der Waals surface area contributed by atoms with Crippen molar-refractivity contribution in [2.75, 3.05) is 6.54 Å². The van der Waals surface area contributed by atoms with Crippen LogP contribution in [0.25, 0.3) is 0 Å². The standard InChI is InChI=1S/C12H20N4O/c1-2-9-3-5-13-11(7-9)12(17)14-8-10-4-6-15-16-10/h4,6,9,11,13H,2-3,5,7-8H2,1H3,(H,14,17)(H,15,16). The molecule has 5 heteroatoms. The second kappa shape index (κ2) is 5.82. The van der Waals surface area contributed by atoms with Crippen molar-refractivity contribution < 1.29 is 4.79 Å². The molecule has 0 saturated carbocycles. The van der Waals surface area contributed by atoms with E-state index in [0.29, 0.717) is 12.5 Å². The average Bonchev–Trinajstić information content (AvgIpc) is 2.89. The van der Waals surface area contributed by atoms with E-state index in [9.17, 15) is 4.79 Å². The van der Waals surface area contributed by atoms with Crippen LogP contribution in [0.4, 0.5) is 0 Å². The minimum Gasteiger partial charge on any atom is -0.349 e. The molecule has 94 valence electrons. The van der Waals surface area contributed by atoms with E-state index in [2.05, 4.69) is 27.8 Å². The van der Waals surface area contributed by atoms with Gasteiger partial charge < -0.3 is 10.6 Å². The molecular formula is C12H20N4O. The molecule has 0 radical (unpaired) electrons. The second-order valence-electron chi connectivity index (χ2n) is 4.61. The van der Waals surface area contributed by atoms with Crippen LogP contribution in [-0.2, 0) is 11.3 Å². The van der Waals surface area contributed by atoms with E-state index >= 15 is 0 Å². The molecule has 0 bridgehead atoms. The maximum atomic E-state index is 11.9. The Hall–Kier alpha value is -1.36. The third-order valence-corrected chi connectivity index (χ3v) is 3.42. The maximum Gasteiger partial charge on any atom is 0.237 e. The Kier molecular flexibility index (Phi) is 4.14. The van der Waals surface area contributed by atoms with Gasteiger partial charge in [0.1, 0.15) is 0 Å². The van der Waals surface area contributed by atoms with Gasteiger partial charge in [-0.15, -0.1) is 0 Å². The zero-order chi connectivity index (χ0) is 12.1. The van der Waals surface area contributed by atoms with Crippen molar-refractivity contribution >= 4 is 5.91 Å². The minimum atomic E-state index is -0.0309. The van der Waals surface area contributed by atoms with Crippen molar-refractivity contribution in [3.05, 3.63) is 18.0 Å². The fourth-order valence-corrected chi connectivity index (χ4v) is 2.26. The molecule has 0 aliphatic carbocycles. The van der Waals surface area contributed by atoms with Crippen molar-refractivity contribution in [3.63, 3.8) is 0 Å². The fourth-order valence-electron chi connectivity index (χ4n) is 2.26. The van der Waals surface area contributed by atoms with Crippen LogP contribution < -0.4 is 10.6 Å². The summed E-state index contributed by atoms with van der Waals surface area (Å²) >= 11 is 0. The molecule has 1 aromatic heterocycles. The molecular weight excluding hydrogens is 216 g/mol. The molecule has 1 saturated heterocycles. The highest BCUT2D eigenvalue weighted by Gasteiger charge is 2.25. The molecule has 0 spiro atoms. The number of rotatable bonds is 4. The molecule has 1 aliphatic heterocycles. The number of hydrogen-bond acceptors (Lipinski definition) is 3. The van der Waals surface area contributed by atoms with Gasteiger partial charge in [-0.25, -0.2) is 0 Å². The summed E-state index contributed by atoms with van der Waals surface area (Å²) < 4.78 is 0. The maximum absolute atomic E-state index is 11.9. The van der Waals surface area contributed by atoms with Gasteiger partial charge in [0.15, 0.2) is 0 Å². The smallest absolute Gasteiger partial charge is 0.237 e. The fraction of sp³-hybridized carbons (Fsp3) is 0.667. The SMILES string of the molecule is CCC1CCNC(C(=O)NCc2ccn[nH]2)C1. The minimum absolute atomic E-state index is 0.0309. The summed E-state index contributed by atoms with van der Waals surface area (Å²) in [6, 6.07) is 1.83. The van der Waals surface area contributed by atoms with Crippen molar-refractivity contribution in [2.24, 2.45) is 5.92 Å². The van der Waals surface area contributed by atoms with Crippen molar-refractivity contribution in [1.82, 2.24) is 20.8 Å². The molecule has 2 heterocycles. The highest BCUT2D eigenvalue weighted by Crippen LogP contribution is 2.19. The number of nitrogens with one attached hydrogen (secondary N) is 3. The van der Waals surface area contributed by atoms with Gasteiger partial charge in [-0.2, -0.15) is 5.10 Å². The van der Waals surface area contributed by atoms with Crippen molar-refractivity contribution in [2.45, 2.75) is 38.8 Å². The summed E-state index contributed by atoms with van der Waals surface area (Å²) in [5.41, 5.74) is 0.932. The molecule has 17 heavy (non-hydrogen) atoms. The average molecular weight is 236 g/mol. The summed E-state index contributed by atoms with van der Waals surface area (Å²) in [6.07, 6.45) is 4.98. The molecule has 1 aliphatic rings. The number of H-pyrrole nitrogens is 1. The lowest BCUT2D eigenvalue weighted by Gasteiger charge is -2.28. The monoisotopic (exact) mass is 236 g/mol. The molecule has 1 amide bonds. The quantitative estimate of drug-likeness (QED) is 0.724. The van der Waals surface area contributed by atoms with Gasteiger partial charge in [-0.1, -0.05) is 13.3 Å². The van der Waals surface area contributed by atoms with E-state index in [4.69, 9.17) is 0 Å². The summed E-state index contributed by atoms with van der Waals surface area (Å²) in [5.74, 6) is 0.775. The number of hydrogen-bond donors (Lipinski definition) is 3. The van der Waals surface area contributed by atoms with Crippen LogP contribution in [0, 0.1) is 5.92 Å². The zero-order valence-corrected chi connectivity index (χ0v) is 10.2. The van der Waals surface area contributed by atoms with Crippen molar-refractivity contribution in [3.8, 4) is 0 Å². The zero-order valence-electron chi connectivity index (χ0n) is 10.2. The lowest BCUT2D eigenvalue weighted by Crippen LogP contribution is -2.48. The number of amides is 1. The van der Waals surface area contributed by atoms with Gasteiger partial charge in [0.25, 0.3) is 0 Å². The Morgan fingerprint density at radius 1 is 1.65 bits per heavy atom. The van der Waals surface area contributed by atoms with Crippen LogP contribution in [0.1, 0.15) is 31.9 Å². The first kappa shape index (κ1) is 12.1. The Morgan fingerprint density at radius 2 is 2.53 bits per heavy atom. The highest BCUT2D eigenvalue weighted by atomic mass is 16.2. The number of aromatic amines is 1. The predicted octanol–water partition coefficient (Wildman–Crippen LogP) is 0.804. The number of nitrogens with zero attached hydrogens (tertiary/aromatic N) is 1. The van der Waals surface area contributed by atoms with Crippen LogP contribution in [0.2, 0.25) is 0 Å². The van der Waals surface area contributed by atoms with E-state index in [1.54, 1.807) is 6.20 Å². The van der Waals surface area contributed by atoms with Crippen LogP contribution >= 0.6 is 0 Å². The number of carbonyl (C=O) groups is 1. The number of piperidine rings is 1. The first-order valence-corrected chi connectivity index (χ1v) is 6.29. The van der Waals surface area contributed by atoms with Gasteiger partial charge in [0.05, 0.1) is 18.3 Å². The third kappa shape index (κ3) is 3.30. The highest BCUT2D eigenvalue weighted by molar-refractivity contribution is 5.81. The normalized spacial score (nSPS) is 24.5. The van der Waals surface area contributed by atoms with Crippen LogP contribution in [0.5, 0.6) is 0 Å². The predicted molar refractivity (Wildman–Crippen MR) is 65.2 cm³/mol. The van der Waals surface area contributed by atoms with Crippen LogP contribution in [0.15, 0.2) is 12.3 Å². The molecule has 1 aromatic rings. The first-order valence-electron chi connectivity index (χ1n) is 6.29. The third-order valence-electron chi connectivity index (χ3n) is 3.42. The van der Waals surface area contributed by atoms with Crippen LogP contribution in [-0.4, -0.2) is 28.7 Å². The first-order chi connectivity index (χ1) is 8.29. The molecule has 0 aromatic carbocycles. The largest absolute Gasteiger partial charge is 0.349 e. The Bertz CT molecular complexity index is 349. The lowest BCUT2D eigenvalue weighted by molar-refractivity contribution is -0.124. The molecule has 2 rings (SSSR count). The summed E-state index contributed by atoms with van der Waals surface area (Å²) in [6.45, 7) is 3.66. The Labute approximate surface area is 101 Å². The van der Waals surface area contributed by atoms with E-state index in [0.717, 1.165) is 25.1 Å². The van der Waals surface area contributed by atoms with Crippen LogP contribution in [0.3, 0.4) is 0 Å². The van der Waals surface area contributed by atoms with Gasteiger partial charge in [0, 0.05) is 6.20 Å². The van der Waals surface area contributed by atoms with Crippen molar-refractivity contribution in [1.29, 1.82) is 0 Å². The Morgan fingerprint density at radius 3 is 3.24 bits per heavy atom. The van der Waals surface area contributed by atoms with E-state index in [1.807, 2.05) is 6.07 Å². The molecule has 2 atom stereocenters. The van der Waals surface area contributed by atoms with Gasteiger partial charge in [0.2, 0.25) is 5.91 Å². The van der Waals surface area contributed by atoms with E-state index in [1.165, 1.54) is 6.42 Å². The Balaban J connectivity index is 1.79. The summed E-state index contributed by atoms with van der Waals surface area (Å²) in [5, 5.41) is 12.9. The molecule has 2 unspecified atom stereocenters. The summed E-state index contributed by atoms with van der Waals surface area (Å²) in [4.78, 5) is 11.9. The van der Waals surface area contributed by atoms with Gasteiger partial charge in [-0.3, -0.25) is 9.89 Å². The topological polar surface area (TPSA) is 69.8 Å². The molecule has 3 N–H and O–H groups in total.